The van der Waals surface area contributed by atoms with Crippen LogP contribution in [-0.2, 0) is 4.57 Å². The maximum Gasteiger partial charge on any atom is 0.362 e. The molecular weight excluding hydrogens is 247 g/mol. The van der Waals surface area contributed by atoms with Gasteiger partial charge in [-0.25, -0.2) is 0 Å². The summed E-state index contributed by atoms with van der Waals surface area (Å²) < 4.78 is 10.9. The second-order valence-electron chi connectivity index (χ2n) is 3.69. The van der Waals surface area contributed by atoms with Crippen LogP contribution in [0.25, 0.3) is 0 Å². The zero-order valence-corrected chi connectivity index (χ0v) is 8.71. The van der Waals surface area contributed by atoms with E-state index in [2.05, 4.69) is 0 Å². The van der Waals surface area contributed by atoms with E-state index in [0.29, 0.717) is 0 Å². The van der Waals surface area contributed by atoms with E-state index < -0.39 is 43.5 Å². The summed E-state index contributed by atoms with van der Waals surface area (Å²) in [6.45, 7) is 0. The highest BCUT2D eigenvalue weighted by Gasteiger charge is 2.66. The van der Waals surface area contributed by atoms with Crippen molar-refractivity contribution in [1.29, 1.82) is 0 Å². The van der Waals surface area contributed by atoms with Crippen LogP contribution in [0.4, 0.5) is 0 Å². The molecule has 0 spiro atoms. The highest BCUT2D eigenvalue weighted by atomic mass is 31.2. The number of aliphatic hydroxyl groups is 6. The molecule has 16 heavy (non-hydrogen) atoms. The Hall–Kier alpha value is -0.0900. The third kappa shape index (κ3) is 1.70. The molecule has 1 fully saturated rings. The molecule has 1 aliphatic carbocycles. The predicted molar refractivity (Wildman–Crippen MR) is 47.0 cm³/mol. The van der Waals surface area contributed by atoms with Crippen molar-refractivity contribution < 1.29 is 45.0 Å². The lowest BCUT2D eigenvalue weighted by molar-refractivity contribution is -0.243. The molecule has 0 bridgehead atoms. The van der Waals surface area contributed by atoms with Gasteiger partial charge in [-0.2, -0.15) is 0 Å². The molecule has 0 unspecified atom stereocenters. The van der Waals surface area contributed by atoms with Crippen LogP contribution in [0.5, 0.6) is 0 Å². The highest BCUT2D eigenvalue weighted by molar-refractivity contribution is 7.53. The number of hydrogen-bond acceptors (Lipinski definition) is 7. The molecule has 1 rings (SSSR count). The molecule has 6 atom stereocenters. The molecule has 9 nitrogen and oxygen atoms in total. The summed E-state index contributed by atoms with van der Waals surface area (Å²) in [7, 11) is -5.44. The Bertz CT molecular complexity index is 297. The van der Waals surface area contributed by atoms with Gasteiger partial charge < -0.3 is 40.4 Å². The average Bonchev–Trinajstić information content (AvgIpc) is 2.19. The molecule has 0 saturated heterocycles. The van der Waals surface area contributed by atoms with Crippen LogP contribution < -0.4 is 0 Å². The normalized spacial score (nSPS) is 50.4. The molecule has 0 aromatic rings. The second-order valence-corrected chi connectivity index (χ2v) is 5.49. The molecule has 0 radical (unpaired) electrons. The van der Waals surface area contributed by atoms with Crippen molar-refractivity contribution >= 4 is 7.60 Å². The molecule has 10 heteroatoms. The molecule has 0 aromatic heterocycles. The van der Waals surface area contributed by atoms with E-state index in [0.717, 1.165) is 0 Å². The molecule has 1 aliphatic rings. The maximum absolute atomic E-state index is 10.9. The van der Waals surface area contributed by atoms with Crippen LogP contribution in [0.15, 0.2) is 0 Å². The lowest BCUT2D eigenvalue weighted by atomic mass is 9.84. The standard InChI is InChI=1S/C6H13O9P/c7-1-2(8)4(10)6(12,16(13,14)15)5(11)3(1)9/h1-5,7-12H,(H2,13,14,15)/t1-,2-,3+,4-,5-,6+/m0/s1. The third-order valence-electron chi connectivity index (χ3n) is 2.68. The first-order valence-electron chi connectivity index (χ1n) is 4.23. The van der Waals surface area contributed by atoms with Gasteiger partial charge in [-0.15, -0.1) is 0 Å². The van der Waals surface area contributed by atoms with Gasteiger partial charge in [-0.3, -0.25) is 4.57 Å². The topological polar surface area (TPSA) is 179 Å². The number of aliphatic hydroxyl groups excluding tert-OH is 5. The van der Waals surface area contributed by atoms with Crippen LogP contribution in [0, 0.1) is 0 Å². The molecule has 0 amide bonds. The quantitative estimate of drug-likeness (QED) is 0.216. The van der Waals surface area contributed by atoms with Gasteiger partial charge in [0.15, 0.2) is 0 Å². The van der Waals surface area contributed by atoms with Gasteiger partial charge in [0, 0.05) is 0 Å². The number of rotatable bonds is 1. The molecule has 96 valence electrons. The van der Waals surface area contributed by atoms with Crippen molar-refractivity contribution in [2.75, 3.05) is 0 Å². The van der Waals surface area contributed by atoms with E-state index in [4.69, 9.17) is 25.1 Å². The summed E-state index contributed by atoms with van der Waals surface area (Å²) in [6.07, 6.45) is -11.4. The summed E-state index contributed by atoms with van der Waals surface area (Å²) in [5, 5.41) is 52.0. The van der Waals surface area contributed by atoms with Gasteiger partial charge >= 0.3 is 7.60 Å². The smallest absolute Gasteiger partial charge is 0.362 e. The van der Waals surface area contributed by atoms with Crippen molar-refractivity contribution in [2.24, 2.45) is 0 Å². The molecular formula is C6H13O9P. The molecule has 1 saturated carbocycles. The zero-order chi connectivity index (χ0) is 12.9. The van der Waals surface area contributed by atoms with Gasteiger partial charge in [0.2, 0.25) is 5.34 Å². The Kier molecular flexibility index (Phi) is 3.48. The Morgan fingerprint density at radius 1 is 0.812 bits per heavy atom. The minimum atomic E-state index is -5.44. The van der Waals surface area contributed by atoms with Crippen molar-refractivity contribution in [3.8, 4) is 0 Å². The lowest BCUT2D eigenvalue weighted by Crippen LogP contribution is -2.70. The summed E-state index contributed by atoms with van der Waals surface area (Å²) in [5.41, 5.74) is 0. The Morgan fingerprint density at radius 3 is 1.38 bits per heavy atom. The van der Waals surface area contributed by atoms with Crippen LogP contribution in [0.3, 0.4) is 0 Å². The van der Waals surface area contributed by atoms with Gasteiger partial charge in [0.25, 0.3) is 0 Å². The Labute approximate surface area is 89.4 Å². The summed E-state index contributed by atoms with van der Waals surface area (Å²) in [5.74, 6) is 0. The summed E-state index contributed by atoms with van der Waals surface area (Å²) in [6, 6.07) is 0. The summed E-state index contributed by atoms with van der Waals surface area (Å²) >= 11 is 0. The lowest BCUT2D eigenvalue weighted by Gasteiger charge is -2.47. The minimum absolute atomic E-state index is 2.03. The molecule has 0 aromatic carbocycles. The first kappa shape index (κ1) is 14.0. The van der Waals surface area contributed by atoms with Crippen LogP contribution >= 0.6 is 7.60 Å². The fourth-order valence-electron chi connectivity index (χ4n) is 1.60. The predicted octanol–water partition coefficient (Wildman–Crippen LogP) is -4.33. The van der Waals surface area contributed by atoms with Crippen molar-refractivity contribution in [1.82, 2.24) is 0 Å². The van der Waals surface area contributed by atoms with E-state index in [9.17, 15) is 19.9 Å². The van der Waals surface area contributed by atoms with Crippen molar-refractivity contribution in [2.45, 2.75) is 35.9 Å². The zero-order valence-electron chi connectivity index (χ0n) is 7.82. The van der Waals surface area contributed by atoms with E-state index in [1.54, 1.807) is 0 Å². The monoisotopic (exact) mass is 260 g/mol. The highest BCUT2D eigenvalue weighted by Crippen LogP contribution is 2.55. The SMILES string of the molecule is O=P(O)(O)[C@@]1(O)[C@@H](O)[C@H](O)[C@@H](O)[C@H](O)[C@@H]1O. The van der Waals surface area contributed by atoms with Crippen LogP contribution in [0.1, 0.15) is 0 Å². The average molecular weight is 260 g/mol. The van der Waals surface area contributed by atoms with Gasteiger partial charge in [0.05, 0.1) is 0 Å². The van der Waals surface area contributed by atoms with Crippen LogP contribution in [-0.4, -0.2) is 76.3 Å². The summed E-state index contributed by atoms with van der Waals surface area (Å²) in [4.78, 5) is 17.6. The van der Waals surface area contributed by atoms with E-state index in [-0.39, 0.29) is 0 Å². The number of hydrogen-bond donors (Lipinski definition) is 8. The van der Waals surface area contributed by atoms with Gasteiger partial charge in [0.1, 0.15) is 30.5 Å². The minimum Gasteiger partial charge on any atom is -0.387 e. The van der Waals surface area contributed by atoms with Gasteiger partial charge in [-0.1, -0.05) is 0 Å². The second kappa shape index (κ2) is 3.98. The molecule has 0 aliphatic heterocycles. The maximum atomic E-state index is 10.9. The molecule has 0 heterocycles. The van der Waals surface area contributed by atoms with Crippen LogP contribution in [0.2, 0.25) is 0 Å². The first-order valence-corrected chi connectivity index (χ1v) is 5.84. The van der Waals surface area contributed by atoms with Crippen molar-refractivity contribution in [3.63, 3.8) is 0 Å². The van der Waals surface area contributed by atoms with E-state index >= 15 is 0 Å². The largest absolute Gasteiger partial charge is 0.387 e. The van der Waals surface area contributed by atoms with Gasteiger partial charge in [-0.05, 0) is 0 Å². The third-order valence-corrected chi connectivity index (χ3v) is 4.15. The van der Waals surface area contributed by atoms with Crippen molar-refractivity contribution in [3.05, 3.63) is 0 Å². The van der Waals surface area contributed by atoms with E-state index in [1.165, 1.54) is 0 Å². The Balaban J connectivity index is 3.24. The molecule has 8 N–H and O–H groups in total. The first-order chi connectivity index (χ1) is 7.05. The fraction of sp³-hybridized carbons (Fsp3) is 1.00. The fourth-order valence-corrected chi connectivity index (χ4v) is 2.59. The Morgan fingerprint density at radius 2 is 1.12 bits per heavy atom. The van der Waals surface area contributed by atoms with E-state index in [1.807, 2.05) is 0 Å².